The summed E-state index contributed by atoms with van der Waals surface area (Å²) in [6.45, 7) is 2.82. The maximum atomic E-state index is 8.83. The van der Waals surface area contributed by atoms with Gasteiger partial charge in [0.15, 0.2) is 5.11 Å². The quantitative estimate of drug-likeness (QED) is 0.442. The molecular weight excluding hydrogens is 368 g/mol. The molecule has 1 saturated carbocycles. The molecule has 6 nitrogen and oxygen atoms in total. The van der Waals surface area contributed by atoms with Gasteiger partial charge in [0, 0.05) is 23.4 Å². The van der Waals surface area contributed by atoms with Gasteiger partial charge in [-0.1, -0.05) is 50.1 Å². The van der Waals surface area contributed by atoms with Gasteiger partial charge in [-0.25, -0.2) is 0 Å². The number of thiocarbonyl (C=S) groups is 1. The predicted molar refractivity (Wildman–Crippen MR) is 116 cm³/mol. The highest BCUT2D eigenvalue weighted by Crippen LogP contribution is 2.23. The van der Waals surface area contributed by atoms with Crippen molar-refractivity contribution in [2.75, 3.05) is 0 Å². The molecule has 1 heterocycles. The summed E-state index contributed by atoms with van der Waals surface area (Å²) in [7, 11) is 0. The van der Waals surface area contributed by atoms with Gasteiger partial charge in [-0.05, 0) is 31.0 Å². The molecule has 0 aliphatic heterocycles. The van der Waals surface area contributed by atoms with Gasteiger partial charge in [0.25, 0.3) is 0 Å². The highest BCUT2D eigenvalue weighted by atomic mass is 32.1. The number of hydrogen-bond donors (Lipinski definition) is 2. The van der Waals surface area contributed by atoms with Crippen molar-refractivity contribution in [1.82, 2.24) is 20.5 Å². The Kier molecular flexibility index (Phi) is 7.15. The lowest BCUT2D eigenvalue weighted by Crippen LogP contribution is -2.44. The van der Waals surface area contributed by atoms with Crippen LogP contribution in [-0.4, -0.2) is 27.1 Å². The number of benzene rings is 1. The maximum Gasteiger partial charge on any atom is 0.187 e. The second-order valence-electron chi connectivity index (χ2n) is 7.18. The topological polar surface area (TPSA) is 78.0 Å². The summed E-state index contributed by atoms with van der Waals surface area (Å²) in [6.07, 6.45) is 8.99. The first kappa shape index (κ1) is 20.0. The number of aromatic nitrogens is 2. The number of aryl methyl sites for hydroxylation is 1. The smallest absolute Gasteiger partial charge is 0.187 e. The third kappa shape index (κ3) is 5.40. The van der Waals surface area contributed by atoms with Crippen molar-refractivity contribution in [1.29, 1.82) is 5.26 Å². The number of hydrogen-bond acceptors (Lipinski definition) is 4. The van der Waals surface area contributed by atoms with Crippen LogP contribution in [0.15, 0.2) is 41.6 Å². The van der Waals surface area contributed by atoms with E-state index >= 15 is 0 Å². The molecule has 3 rings (SSSR count). The average molecular weight is 395 g/mol. The minimum Gasteiger partial charge on any atom is -0.358 e. The molecule has 0 radical (unpaired) electrons. The molecule has 146 valence electrons. The number of hydrazone groups is 1. The van der Waals surface area contributed by atoms with Gasteiger partial charge in [-0.2, -0.15) is 15.5 Å². The molecule has 7 heteroatoms. The van der Waals surface area contributed by atoms with Crippen molar-refractivity contribution < 1.29 is 0 Å². The van der Waals surface area contributed by atoms with E-state index in [9.17, 15) is 0 Å². The normalized spacial score (nSPS) is 19.3. The van der Waals surface area contributed by atoms with Crippen LogP contribution in [0.25, 0.3) is 11.3 Å². The van der Waals surface area contributed by atoms with Gasteiger partial charge in [-0.15, -0.1) is 0 Å². The lowest BCUT2D eigenvalue weighted by Gasteiger charge is -2.30. The van der Waals surface area contributed by atoms with Crippen molar-refractivity contribution in [3.8, 4) is 17.3 Å². The van der Waals surface area contributed by atoms with E-state index in [4.69, 9.17) is 17.5 Å². The number of nitriles is 1. The maximum absolute atomic E-state index is 8.83. The molecule has 1 aliphatic rings. The fourth-order valence-corrected chi connectivity index (χ4v) is 3.73. The van der Waals surface area contributed by atoms with Crippen LogP contribution >= 0.6 is 12.2 Å². The third-order valence-electron chi connectivity index (χ3n) is 5.09. The van der Waals surface area contributed by atoms with E-state index in [0.717, 1.165) is 23.2 Å². The summed E-state index contributed by atoms with van der Waals surface area (Å²) in [6, 6.07) is 12.5. The Morgan fingerprint density at radius 3 is 2.89 bits per heavy atom. The van der Waals surface area contributed by atoms with Gasteiger partial charge in [-0.3, -0.25) is 10.1 Å². The van der Waals surface area contributed by atoms with Crippen molar-refractivity contribution in [3.05, 3.63) is 42.1 Å². The zero-order valence-corrected chi connectivity index (χ0v) is 17.0. The molecule has 0 spiro atoms. The predicted octanol–water partition coefficient (Wildman–Crippen LogP) is 3.84. The first-order chi connectivity index (χ1) is 13.7. The van der Waals surface area contributed by atoms with Crippen LogP contribution in [0.4, 0.5) is 0 Å². The summed E-state index contributed by atoms with van der Waals surface area (Å²) in [5.74, 6) is 0.625. The molecule has 2 N–H and O–H groups in total. The molecular formula is C21H26N6S. The zero-order valence-electron chi connectivity index (χ0n) is 16.1. The molecule has 1 aromatic heterocycles. The number of nitrogens with one attached hydrogen (secondary N) is 2. The first-order valence-electron chi connectivity index (χ1n) is 9.77. The summed E-state index contributed by atoms with van der Waals surface area (Å²) >= 11 is 5.40. The molecule has 2 aromatic rings. The second kappa shape index (κ2) is 10.00. The Bertz CT molecular complexity index is 852. The SMILES string of the molecule is C[C@H]1CCCC[C@@H]1NC(=S)N/N=C\c1cn(CCC#N)nc1-c1ccccc1. The Hall–Kier alpha value is -2.72. The van der Waals surface area contributed by atoms with Gasteiger partial charge < -0.3 is 5.32 Å². The van der Waals surface area contributed by atoms with E-state index in [1.54, 1.807) is 10.9 Å². The van der Waals surface area contributed by atoms with Gasteiger partial charge in [0.2, 0.25) is 0 Å². The third-order valence-corrected chi connectivity index (χ3v) is 5.30. The lowest BCUT2D eigenvalue weighted by molar-refractivity contribution is 0.308. The van der Waals surface area contributed by atoms with Crippen LogP contribution in [-0.2, 0) is 6.54 Å². The van der Waals surface area contributed by atoms with E-state index in [0.29, 0.717) is 30.0 Å². The average Bonchev–Trinajstić information content (AvgIpc) is 3.12. The Balaban J connectivity index is 1.67. The van der Waals surface area contributed by atoms with Crippen LogP contribution in [0, 0.1) is 17.2 Å². The molecule has 28 heavy (non-hydrogen) atoms. The lowest BCUT2D eigenvalue weighted by atomic mass is 9.86. The Morgan fingerprint density at radius 2 is 2.14 bits per heavy atom. The number of rotatable bonds is 6. The molecule has 0 bridgehead atoms. The van der Waals surface area contributed by atoms with Gasteiger partial charge >= 0.3 is 0 Å². The second-order valence-corrected chi connectivity index (χ2v) is 7.59. The summed E-state index contributed by atoms with van der Waals surface area (Å²) < 4.78 is 1.78. The summed E-state index contributed by atoms with van der Waals surface area (Å²) in [5.41, 5.74) is 5.66. The van der Waals surface area contributed by atoms with E-state index in [1.807, 2.05) is 36.5 Å². The summed E-state index contributed by atoms with van der Waals surface area (Å²) in [5, 5.41) is 21.7. The molecule has 0 amide bonds. The van der Waals surface area contributed by atoms with Crippen LogP contribution in [0.1, 0.15) is 44.6 Å². The van der Waals surface area contributed by atoms with Crippen molar-refractivity contribution in [3.63, 3.8) is 0 Å². The Morgan fingerprint density at radius 1 is 1.36 bits per heavy atom. The highest BCUT2D eigenvalue weighted by Gasteiger charge is 2.21. The molecule has 0 unspecified atom stereocenters. The Labute approximate surface area is 171 Å². The van der Waals surface area contributed by atoms with Crippen LogP contribution in [0.2, 0.25) is 0 Å². The monoisotopic (exact) mass is 394 g/mol. The van der Waals surface area contributed by atoms with E-state index in [-0.39, 0.29) is 0 Å². The van der Waals surface area contributed by atoms with E-state index < -0.39 is 0 Å². The van der Waals surface area contributed by atoms with Crippen LogP contribution in [0.5, 0.6) is 0 Å². The van der Waals surface area contributed by atoms with Gasteiger partial charge in [0.1, 0.15) is 5.69 Å². The molecule has 0 saturated heterocycles. The van der Waals surface area contributed by atoms with E-state index in [2.05, 4.69) is 33.9 Å². The fourth-order valence-electron chi connectivity index (χ4n) is 3.52. The number of nitrogens with zero attached hydrogens (tertiary/aromatic N) is 4. The minimum absolute atomic E-state index is 0.414. The van der Waals surface area contributed by atoms with Gasteiger partial charge in [0.05, 0.1) is 25.2 Å². The summed E-state index contributed by atoms with van der Waals surface area (Å²) in [4.78, 5) is 0. The van der Waals surface area contributed by atoms with Crippen LogP contribution in [0.3, 0.4) is 0 Å². The molecule has 1 aliphatic carbocycles. The molecule has 1 fully saturated rings. The largest absolute Gasteiger partial charge is 0.358 e. The fraction of sp³-hybridized carbons (Fsp3) is 0.429. The van der Waals surface area contributed by atoms with Crippen molar-refractivity contribution in [2.24, 2.45) is 11.0 Å². The minimum atomic E-state index is 0.414. The standard InChI is InChI=1S/C21H26N6S/c1-16-8-5-6-11-19(16)24-21(28)25-23-14-18-15-27(13-7-12-22)26-20(18)17-9-3-2-4-10-17/h2-4,9-10,14-16,19H,5-8,11,13H2,1H3,(H2,24,25,28)/b23-14-/t16-,19-/m0/s1. The highest BCUT2D eigenvalue weighted by molar-refractivity contribution is 7.80. The van der Waals surface area contributed by atoms with Crippen molar-refractivity contribution >= 4 is 23.5 Å². The van der Waals surface area contributed by atoms with E-state index in [1.165, 1.54) is 19.3 Å². The molecule has 1 aromatic carbocycles. The molecule has 2 atom stereocenters. The zero-order chi connectivity index (χ0) is 19.8. The van der Waals surface area contributed by atoms with Crippen LogP contribution < -0.4 is 10.7 Å². The first-order valence-corrected chi connectivity index (χ1v) is 10.2. The van der Waals surface area contributed by atoms with Crippen molar-refractivity contribution in [2.45, 2.75) is 51.6 Å².